The molecule has 0 aliphatic carbocycles. The van der Waals surface area contributed by atoms with Crippen LogP contribution in [0, 0.1) is 0 Å². The molecule has 2 fully saturated rings. The highest BCUT2D eigenvalue weighted by molar-refractivity contribution is 6.31. The zero-order valence-electron chi connectivity index (χ0n) is 19.2. The van der Waals surface area contributed by atoms with Crippen LogP contribution in [-0.4, -0.2) is 91.6 Å². The maximum atomic E-state index is 13.3. The zero-order valence-corrected chi connectivity index (χ0v) is 20.7. The molecule has 34 heavy (non-hydrogen) atoms. The van der Waals surface area contributed by atoms with Gasteiger partial charge in [0.25, 0.3) is 5.91 Å². The summed E-state index contributed by atoms with van der Waals surface area (Å²) in [4.78, 5) is 32.3. The molecule has 2 aliphatic heterocycles. The van der Waals surface area contributed by atoms with Gasteiger partial charge in [0.15, 0.2) is 0 Å². The fourth-order valence-corrected chi connectivity index (χ4v) is 4.65. The molecule has 0 spiro atoms. The highest BCUT2D eigenvalue weighted by Crippen LogP contribution is 2.28. The highest BCUT2D eigenvalue weighted by Gasteiger charge is 2.42. The minimum Gasteiger partial charge on any atom is -0.490 e. The highest BCUT2D eigenvalue weighted by atomic mass is 35.5. The van der Waals surface area contributed by atoms with Crippen molar-refractivity contribution in [3.8, 4) is 5.75 Å². The number of hydrogen-bond donors (Lipinski definition) is 0. The Kier molecular flexibility index (Phi) is 7.99. The number of halogens is 2. The topological polar surface area (TPSA) is 62.3 Å². The van der Waals surface area contributed by atoms with Crippen molar-refractivity contribution in [3.05, 3.63) is 64.1 Å². The van der Waals surface area contributed by atoms with Gasteiger partial charge >= 0.3 is 0 Å². The van der Waals surface area contributed by atoms with Crippen molar-refractivity contribution < 1.29 is 19.1 Å². The lowest BCUT2D eigenvalue weighted by molar-refractivity contribution is -0.154. The van der Waals surface area contributed by atoms with Crippen molar-refractivity contribution in [3.63, 3.8) is 0 Å². The Balaban J connectivity index is 1.53. The molecule has 2 aliphatic rings. The van der Waals surface area contributed by atoms with Gasteiger partial charge < -0.3 is 24.2 Å². The van der Waals surface area contributed by atoms with Crippen molar-refractivity contribution in [2.45, 2.75) is 12.0 Å². The number of hydrogen-bond acceptors (Lipinski definition) is 5. The van der Waals surface area contributed by atoms with Crippen LogP contribution in [0.3, 0.4) is 0 Å². The lowest BCUT2D eigenvalue weighted by Gasteiger charge is -2.43. The van der Waals surface area contributed by atoms with Crippen molar-refractivity contribution in [2.75, 3.05) is 59.5 Å². The Bertz CT molecular complexity index is 1030. The molecule has 182 valence electrons. The number of likely N-dealkylation sites (N-methyl/N-ethyl adjacent to an activating group) is 1. The second-order valence-electron chi connectivity index (χ2n) is 8.88. The average molecular weight is 506 g/mol. The summed E-state index contributed by atoms with van der Waals surface area (Å²) >= 11 is 12.2. The molecule has 0 radical (unpaired) electrons. The van der Waals surface area contributed by atoms with E-state index in [0.29, 0.717) is 47.6 Å². The molecule has 0 N–H and O–H groups in total. The Morgan fingerprint density at radius 3 is 2.38 bits per heavy atom. The molecule has 7 nitrogen and oxygen atoms in total. The van der Waals surface area contributed by atoms with Gasteiger partial charge in [0.2, 0.25) is 5.91 Å². The minimum absolute atomic E-state index is 0.000140. The summed E-state index contributed by atoms with van der Waals surface area (Å²) in [5, 5.41) is 1.06. The van der Waals surface area contributed by atoms with Crippen LogP contribution in [0.2, 0.25) is 10.0 Å². The van der Waals surface area contributed by atoms with Gasteiger partial charge in [0.1, 0.15) is 18.0 Å². The molecular weight excluding hydrogens is 477 g/mol. The number of ether oxygens (including phenoxy) is 2. The molecule has 2 saturated heterocycles. The SMILES string of the molecule is CN1CCN(C(=O)C[C@@]2(COc3cccc(Cl)c3)CN(C(=O)c3cccc(Cl)c3)CCO2)CC1. The zero-order chi connectivity index (χ0) is 24.1. The number of piperazine rings is 1. The van der Waals surface area contributed by atoms with Gasteiger partial charge in [-0.15, -0.1) is 0 Å². The van der Waals surface area contributed by atoms with E-state index in [1.54, 1.807) is 53.4 Å². The largest absolute Gasteiger partial charge is 0.490 e. The van der Waals surface area contributed by atoms with Crippen LogP contribution in [0.5, 0.6) is 5.75 Å². The number of benzene rings is 2. The summed E-state index contributed by atoms with van der Waals surface area (Å²) in [5.41, 5.74) is -0.473. The number of carbonyl (C=O) groups excluding carboxylic acids is 2. The minimum atomic E-state index is -0.977. The lowest BCUT2D eigenvalue weighted by atomic mass is 9.96. The van der Waals surface area contributed by atoms with E-state index in [2.05, 4.69) is 4.90 Å². The fourth-order valence-electron chi connectivity index (χ4n) is 4.28. The Morgan fingerprint density at radius 2 is 1.68 bits per heavy atom. The number of carbonyl (C=O) groups is 2. The maximum Gasteiger partial charge on any atom is 0.254 e. The van der Waals surface area contributed by atoms with E-state index in [-0.39, 0.29) is 31.4 Å². The van der Waals surface area contributed by atoms with Crippen molar-refractivity contribution in [1.82, 2.24) is 14.7 Å². The Hall–Kier alpha value is -2.32. The Morgan fingerprint density at radius 1 is 0.971 bits per heavy atom. The monoisotopic (exact) mass is 505 g/mol. The molecule has 0 unspecified atom stereocenters. The number of amides is 2. The van der Waals surface area contributed by atoms with E-state index in [1.807, 2.05) is 11.9 Å². The van der Waals surface area contributed by atoms with Crippen LogP contribution < -0.4 is 4.74 Å². The molecule has 1 atom stereocenters. The van der Waals surface area contributed by atoms with Gasteiger partial charge in [0, 0.05) is 48.3 Å². The summed E-state index contributed by atoms with van der Waals surface area (Å²) in [6.45, 7) is 4.09. The van der Waals surface area contributed by atoms with Gasteiger partial charge in [-0.3, -0.25) is 9.59 Å². The molecule has 2 heterocycles. The van der Waals surface area contributed by atoms with Crippen LogP contribution in [0.1, 0.15) is 16.8 Å². The Labute approximate surface area is 210 Å². The van der Waals surface area contributed by atoms with Crippen molar-refractivity contribution in [1.29, 1.82) is 0 Å². The smallest absolute Gasteiger partial charge is 0.254 e. The first-order valence-electron chi connectivity index (χ1n) is 11.4. The van der Waals surface area contributed by atoms with Crippen LogP contribution in [0.25, 0.3) is 0 Å². The van der Waals surface area contributed by atoms with E-state index in [4.69, 9.17) is 32.7 Å². The van der Waals surface area contributed by atoms with Gasteiger partial charge in [0.05, 0.1) is 19.6 Å². The molecule has 4 rings (SSSR count). The van der Waals surface area contributed by atoms with Crippen LogP contribution in [0.15, 0.2) is 48.5 Å². The average Bonchev–Trinajstić information content (AvgIpc) is 2.83. The lowest BCUT2D eigenvalue weighted by Crippen LogP contribution is -2.59. The van der Waals surface area contributed by atoms with Crippen molar-refractivity contribution >= 4 is 35.0 Å². The quantitative estimate of drug-likeness (QED) is 0.601. The second kappa shape index (κ2) is 11.0. The maximum absolute atomic E-state index is 13.3. The van der Waals surface area contributed by atoms with E-state index < -0.39 is 5.60 Å². The molecule has 0 saturated carbocycles. The summed E-state index contributed by atoms with van der Waals surface area (Å²) in [7, 11) is 2.05. The summed E-state index contributed by atoms with van der Waals surface area (Å²) in [6.07, 6.45) is 0.122. The van der Waals surface area contributed by atoms with Gasteiger partial charge in [-0.2, -0.15) is 0 Å². The van der Waals surface area contributed by atoms with Crippen LogP contribution >= 0.6 is 23.2 Å². The van der Waals surface area contributed by atoms with Gasteiger partial charge in [-0.1, -0.05) is 35.3 Å². The predicted molar refractivity (Wildman–Crippen MR) is 132 cm³/mol. The first-order valence-corrected chi connectivity index (χ1v) is 12.1. The van der Waals surface area contributed by atoms with E-state index in [0.717, 1.165) is 13.1 Å². The van der Waals surface area contributed by atoms with E-state index in [9.17, 15) is 9.59 Å². The number of rotatable bonds is 6. The second-order valence-corrected chi connectivity index (χ2v) is 9.75. The summed E-state index contributed by atoms with van der Waals surface area (Å²) < 4.78 is 12.2. The van der Waals surface area contributed by atoms with Crippen LogP contribution in [0.4, 0.5) is 0 Å². The first kappa shape index (κ1) is 24.8. The first-order chi connectivity index (χ1) is 16.3. The summed E-state index contributed by atoms with van der Waals surface area (Å²) in [5.74, 6) is 0.436. The van der Waals surface area contributed by atoms with E-state index in [1.165, 1.54) is 0 Å². The fraction of sp³-hybridized carbons (Fsp3) is 0.440. The van der Waals surface area contributed by atoms with Gasteiger partial charge in [-0.25, -0.2) is 0 Å². The third kappa shape index (κ3) is 6.21. The molecule has 9 heteroatoms. The van der Waals surface area contributed by atoms with Crippen LogP contribution in [-0.2, 0) is 9.53 Å². The molecule has 0 aromatic heterocycles. The third-order valence-corrected chi connectivity index (χ3v) is 6.70. The van der Waals surface area contributed by atoms with E-state index >= 15 is 0 Å². The summed E-state index contributed by atoms with van der Waals surface area (Å²) in [6, 6.07) is 14.0. The predicted octanol–water partition coefficient (Wildman–Crippen LogP) is 3.45. The molecule has 2 aromatic carbocycles. The molecular formula is C25H29Cl2N3O4. The molecule has 2 aromatic rings. The van der Waals surface area contributed by atoms with Crippen molar-refractivity contribution in [2.24, 2.45) is 0 Å². The third-order valence-electron chi connectivity index (χ3n) is 6.23. The molecule has 0 bridgehead atoms. The standard InChI is InChI=1S/C25H29Cl2N3O4/c1-28-8-10-29(11-9-28)23(31)16-25(18-33-22-7-3-6-21(27)15-22)17-30(12-13-34-25)24(32)19-4-2-5-20(26)14-19/h2-7,14-15H,8-13,16-18H2,1H3/t25-/m0/s1. The van der Waals surface area contributed by atoms with Gasteiger partial charge in [-0.05, 0) is 43.4 Å². The number of morpholine rings is 1. The molecule has 2 amide bonds. The normalized spacial score (nSPS) is 21.4. The number of nitrogens with zero attached hydrogens (tertiary/aromatic N) is 3.